The van der Waals surface area contributed by atoms with Crippen LogP contribution in [0.25, 0.3) is 0 Å². The van der Waals surface area contributed by atoms with Gasteiger partial charge in [0.05, 0.1) is 38.5 Å². The summed E-state index contributed by atoms with van der Waals surface area (Å²) in [5, 5.41) is 0. The van der Waals surface area contributed by atoms with Gasteiger partial charge in [0.1, 0.15) is 5.82 Å². The van der Waals surface area contributed by atoms with E-state index in [-0.39, 0.29) is 11.8 Å². The molecular formula is C14H18N4O3S2. The van der Waals surface area contributed by atoms with Crippen LogP contribution in [0.4, 0.5) is 11.8 Å². The second-order valence-corrected chi connectivity index (χ2v) is 7.55. The third-order valence-corrected chi connectivity index (χ3v) is 5.06. The summed E-state index contributed by atoms with van der Waals surface area (Å²) < 4.78 is 29.3. The summed E-state index contributed by atoms with van der Waals surface area (Å²) in [4.78, 5) is 8.83. The molecular weight excluding hydrogens is 336 g/mol. The van der Waals surface area contributed by atoms with Crippen LogP contribution in [0.15, 0.2) is 28.1 Å². The maximum atomic E-state index is 12.0. The monoisotopic (exact) mass is 354 g/mol. The van der Waals surface area contributed by atoms with Crippen molar-refractivity contribution in [2.45, 2.75) is 16.2 Å². The number of hydrogen-bond acceptors (Lipinski definition) is 7. The highest BCUT2D eigenvalue weighted by atomic mass is 32.2. The lowest BCUT2D eigenvalue weighted by Gasteiger charge is -2.14. The molecule has 2 unspecified atom stereocenters. The van der Waals surface area contributed by atoms with Gasteiger partial charge >= 0.3 is 0 Å². The Kier molecular flexibility index (Phi) is 5.32. The van der Waals surface area contributed by atoms with Crippen LogP contribution in [0.2, 0.25) is 0 Å². The van der Waals surface area contributed by atoms with E-state index in [4.69, 9.17) is 16.2 Å². The lowest BCUT2D eigenvalue weighted by molar-refractivity contribution is 0.392. The summed E-state index contributed by atoms with van der Waals surface area (Å²) in [5.74, 6) is 0.773. The zero-order valence-corrected chi connectivity index (χ0v) is 14.7. The molecule has 0 aliphatic carbocycles. The first kappa shape index (κ1) is 17.4. The summed E-state index contributed by atoms with van der Waals surface area (Å²) in [6.07, 6.45) is 5.05. The van der Waals surface area contributed by atoms with Crippen LogP contribution in [-0.2, 0) is 28.0 Å². The minimum atomic E-state index is -1.29. The third kappa shape index (κ3) is 3.85. The van der Waals surface area contributed by atoms with Crippen molar-refractivity contribution in [2.24, 2.45) is 0 Å². The molecule has 0 fully saturated rings. The molecule has 0 aliphatic heterocycles. The molecule has 23 heavy (non-hydrogen) atoms. The quantitative estimate of drug-likeness (QED) is 0.811. The summed E-state index contributed by atoms with van der Waals surface area (Å²) in [6, 6.07) is 3.50. The first-order chi connectivity index (χ1) is 10.8. The molecule has 7 nitrogen and oxygen atoms in total. The number of ether oxygens (including phenoxy) is 1. The fraction of sp³-hybridized carbons (Fsp3) is 0.286. The Balaban J connectivity index is 2.54. The van der Waals surface area contributed by atoms with Crippen LogP contribution in [0.3, 0.4) is 0 Å². The number of nitrogens with two attached hydrogens (primary N) is 2. The Morgan fingerprint density at radius 2 is 1.70 bits per heavy atom. The molecule has 1 heterocycles. The highest BCUT2D eigenvalue weighted by Gasteiger charge is 2.17. The predicted molar refractivity (Wildman–Crippen MR) is 91.3 cm³/mol. The van der Waals surface area contributed by atoms with Gasteiger partial charge in [0.15, 0.2) is 5.75 Å². The molecule has 2 rings (SSSR count). The Hall–Kier alpha value is -2.00. The molecule has 0 radical (unpaired) electrons. The maximum Gasteiger partial charge on any atom is 0.221 e. The number of rotatable bonds is 5. The number of aromatic nitrogens is 2. The number of nitrogen functional groups attached to an aromatic ring is 2. The van der Waals surface area contributed by atoms with E-state index in [1.807, 2.05) is 0 Å². The highest BCUT2D eigenvalue weighted by molar-refractivity contribution is 7.85. The Bertz CT molecular complexity index is 761. The molecule has 1 aromatic carbocycles. The molecule has 2 atom stereocenters. The lowest BCUT2D eigenvalue weighted by atomic mass is 10.1. The first-order valence-corrected chi connectivity index (χ1v) is 9.69. The highest BCUT2D eigenvalue weighted by Crippen LogP contribution is 2.31. The van der Waals surface area contributed by atoms with Gasteiger partial charge in [0.2, 0.25) is 5.95 Å². The van der Waals surface area contributed by atoms with Gasteiger partial charge in [0, 0.05) is 30.7 Å². The third-order valence-electron chi connectivity index (χ3n) is 3.22. The molecule has 124 valence electrons. The molecule has 0 spiro atoms. The number of methoxy groups -OCH3 is 1. The van der Waals surface area contributed by atoms with Crippen LogP contribution in [0.1, 0.15) is 11.1 Å². The average Bonchev–Trinajstić information content (AvgIpc) is 2.49. The van der Waals surface area contributed by atoms with E-state index in [1.165, 1.54) is 7.11 Å². The van der Waals surface area contributed by atoms with Crippen LogP contribution >= 0.6 is 0 Å². The van der Waals surface area contributed by atoms with Gasteiger partial charge in [-0.3, -0.25) is 8.42 Å². The Morgan fingerprint density at radius 1 is 1.13 bits per heavy atom. The lowest BCUT2D eigenvalue weighted by Crippen LogP contribution is -2.06. The minimum absolute atomic E-state index is 0.103. The largest absolute Gasteiger partial charge is 0.494 e. The van der Waals surface area contributed by atoms with Crippen molar-refractivity contribution >= 4 is 33.4 Å². The van der Waals surface area contributed by atoms with E-state index in [0.717, 1.165) is 5.56 Å². The summed E-state index contributed by atoms with van der Waals surface area (Å²) in [5.41, 5.74) is 12.8. The van der Waals surface area contributed by atoms with Crippen molar-refractivity contribution in [3.8, 4) is 5.75 Å². The number of benzene rings is 1. The summed E-state index contributed by atoms with van der Waals surface area (Å²) in [6.45, 7) is 0. The molecule has 0 saturated carbocycles. The zero-order chi connectivity index (χ0) is 17.1. The van der Waals surface area contributed by atoms with Gasteiger partial charge in [-0.15, -0.1) is 0 Å². The SMILES string of the molecule is COc1c(S(C)=O)cc(Cc2cnc(N)nc2N)cc1S(C)=O. The average molecular weight is 354 g/mol. The van der Waals surface area contributed by atoms with Crippen molar-refractivity contribution in [1.82, 2.24) is 9.97 Å². The predicted octanol–water partition coefficient (Wildman–Crippen LogP) is 0.715. The van der Waals surface area contributed by atoms with Gasteiger partial charge in [0.25, 0.3) is 0 Å². The summed E-state index contributed by atoms with van der Waals surface area (Å²) >= 11 is 0. The number of anilines is 2. The number of nitrogens with zero attached hydrogens (tertiary/aromatic N) is 2. The topological polar surface area (TPSA) is 121 Å². The Labute approximate surface area is 139 Å². The second-order valence-electron chi connectivity index (χ2n) is 4.85. The number of hydrogen-bond donors (Lipinski definition) is 2. The normalized spacial score (nSPS) is 13.5. The van der Waals surface area contributed by atoms with Crippen LogP contribution < -0.4 is 16.2 Å². The molecule has 0 aliphatic rings. The Morgan fingerprint density at radius 3 is 2.13 bits per heavy atom. The smallest absolute Gasteiger partial charge is 0.221 e. The van der Waals surface area contributed by atoms with E-state index in [2.05, 4.69) is 9.97 Å². The maximum absolute atomic E-state index is 12.0. The van der Waals surface area contributed by atoms with E-state index < -0.39 is 21.6 Å². The standard InChI is InChI=1S/C14H18N4O3S2/c1-21-12-10(22(2)19)5-8(6-11(12)23(3)20)4-9-7-17-14(16)18-13(9)15/h5-7H,4H2,1-3H3,(H4,15,16,17,18). The molecule has 0 saturated heterocycles. The van der Waals surface area contributed by atoms with Crippen molar-refractivity contribution in [2.75, 3.05) is 31.1 Å². The zero-order valence-electron chi connectivity index (χ0n) is 13.0. The fourth-order valence-corrected chi connectivity index (χ4v) is 3.76. The van der Waals surface area contributed by atoms with E-state index in [1.54, 1.807) is 30.8 Å². The van der Waals surface area contributed by atoms with E-state index in [9.17, 15) is 8.42 Å². The molecule has 2 aromatic rings. The molecule has 1 aromatic heterocycles. The van der Waals surface area contributed by atoms with Crippen molar-refractivity contribution in [3.05, 3.63) is 29.5 Å². The van der Waals surface area contributed by atoms with Crippen molar-refractivity contribution < 1.29 is 13.2 Å². The first-order valence-electron chi connectivity index (χ1n) is 6.58. The van der Waals surface area contributed by atoms with E-state index >= 15 is 0 Å². The van der Waals surface area contributed by atoms with Gasteiger partial charge < -0.3 is 16.2 Å². The van der Waals surface area contributed by atoms with Crippen LogP contribution in [0.5, 0.6) is 5.75 Å². The molecule has 9 heteroatoms. The van der Waals surface area contributed by atoms with Gasteiger partial charge in [-0.2, -0.15) is 4.98 Å². The van der Waals surface area contributed by atoms with Gasteiger partial charge in [-0.05, 0) is 17.7 Å². The van der Waals surface area contributed by atoms with Crippen molar-refractivity contribution in [3.63, 3.8) is 0 Å². The molecule has 0 amide bonds. The molecule has 4 N–H and O–H groups in total. The van der Waals surface area contributed by atoms with E-state index in [0.29, 0.717) is 27.5 Å². The minimum Gasteiger partial charge on any atom is -0.494 e. The summed E-state index contributed by atoms with van der Waals surface area (Å²) in [7, 11) is -1.11. The fourth-order valence-electron chi connectivity index (χ4n) is 2.15. The van der Waals surface area contributed by atoms with Crippen LogP contribution in [-0.4, -0.2) is 38.0 Å². The van der Waals surface area contributed by atoms with Crippen molar-refractivity contribution in [1.29, 1.82) is 0 Å². The van der Waals surface area contributed by atoms with Gasteiger partial charge in [-0.1, -0.05) is 0 Å². The second kappa shape index (κ2) is 7.05. The van der Waals surface area contributed by atoms with Crippen LogP contribution in [0, 0.1) is 0 Å². The molecule has 0 bridgehead atoms. The van der Waals surface area contributed by atoms with Gasteiger partial charge in [-0.25, -0.2) is 4.98 Å².